The average molecular weight is 718 g/mol. The van der Waals surface area contributed by atoms with Gasteiger partial charge in [0.25, 0.3) is 0 Å². The second kappa shape index (κ2) is 14.1. The number of furan rings is 1. The van der Waals surface area contributed by atoms with Crippen molar-refractivity contribution in [1.29, 1.82) is 0 Å². The predicted octanol–water partition coefficient (Wildman–Crippen LogP) is 13.5. The molecule has 2 aromatic heterocycles. The number of allylic oxidation sites excluding steroid dienone is 2. The Kier molecular flexibility index (Phi) is 8.34. The van der Waals surface area contributed by atoms with Crippen LogP contribution in [0, 0.1) is 0 Å². The van der Waals surface area contributed by atoms with Gasteiger partial charge in [-0.05, 0) is 86.1 Å². The first-order valence-corrected chi connectivity index (χ1v) is 18.8. The molecule has 0 bridgehead atoms. The minimum Gasteiger partial charge on any atom is -0.456 e. The highest BCUT2D eigenvalue weighted by molar-refractivity contribution is 6.13. The van der Waals surface area contributed by atoms with Gasteiger partial charge in [-0.3, -0.25) is 0 Å². The molecule has 0 saturated heterocycles. The molecule has 4 heteroatoms. The fourth-order valence-corrected chi connectivity index (χ4v) is 7.68. The van der Waals surface area contributed by atoms with Crippen LogP contribution in [0.3, 0.4) is 0 Å². The summed E-state index contributed by atoms with van der Waals surface area (Å²) in [5.41, 5.74) is 10.6. The van der Waals surface area contributed by atoms with Crippen LogP contribution in [-0.4, -0.2) is 15.0 Å². The third-order valence-electron chi connectivity index (χ3n) is 10.5. The molecular formula is C52H35N3O. The van der Waals surface area contributed by atoms with Crippen LogP contribution in [0.4, 0.5) is 0 Å². The van der Waals surface area contributed by atoms with Crippen molar-refractivity contribution in [2.24, 2.45) is 0 Å². The van der Waals surface area contributed by atoms with E-state index in [0.29, 0.717) is 17.5 Å². The first-order chi connectivity index (χ1) is 27.7. The Morgan fingerprint density at radius 1 is 0.482 bits per heavy atom. The summed E-state index contributed by atoms with van der Waals surface area (Å²) in [5.74, 6) is 1.90. The van der Waals surface area contributed by atoms with Crippen molar-refractivity contribution >= 4 is 49.6 Å². The monoisotopic (exact) mass is 717 g/mol. The van der Waals surface area contributed by atoms with Crippen molar-refractivity contribution in [2.75, 3.05) is 0 Å². The molecule has 0 spiro atoms. The molecule has 0 N–H and O–H groups in total. The van der Waals surface area contributed by atoms with Crippen LogP contribution in [0.15, 0.2) is 193 Å². The van der Waals surface area contributed by atoms with E-state index in [-0.39, 0.29) is 0 Å². The molecule has 4 nitrogen and oxygen atoms in total. The molecule has 0 unspecified atom stereocenters. The molecule has 264 valence electrons. The van der Waals surface area contributed by atoms with Crippen molar-refractivity contribution in [1.82, 2.24) is 15.0 Å². The minimum atomic E-state index is 0.630. The molecular weight excluding hydrogens is 683 g/mol. The van der Waals surface area contributed by atoms with Crippen LogP contribution in [0.5, 0.6) is 0 Å². The number of aromatic nitrogens is 3. The molecule has 0 aliphatic carbocycles. The lowest BCUT2D eigenvalue weighted by molar-refractivity contribution is 0.669. The molecule has 0 saturated carbocycles. The van der Waals surface area contributed by atoms with Gasteiger partial charge in [-0.25, -0.2) is 15.0 Å². The van der Waals surface area contributed by atoms with Gasteiger partial charge < -0.3 is 4.42 Å². The van der Waals surface area contributed by atoms with Gasteiger partial charge in [-0.15, -0.1) is 0 Å². The topological polar surface area (TPSA) is 51.8 Å². The van der Waals surface area contributed by atoms with Crippen LogP contribution in [-0.2, 0) is 6.42 Å². The number of fused-ring (bicyclic) bond motifs is 5. The second-order valence-corrected chi connectivity index (χ2v) is 14.1. The van der Waals surface area contributed by atoms with Crippen LogP contribution in [0.1, 0.15) is 16.7 Å². The smallest absolute Gasteiger partial charge is 0.164 e. The third-order valence-corrected chi connectivity index (χ3v) is 10.5. The van der Waals surface area contributed by atoms with Crippen LogP contribution >= 0.6 is 0 Å². The van der Waals surface area contributed by atoms with Crippen molar-refractivity contribution in [3.63, 3.8) is 0 Å². The lowest BCUT2D eigenvalue weighted by atomic mass is 9.96. The van der Waals surface area contributed by atoms with E-state index in [0.717, 1.165) is 72.3 Å². The Bertz CT molecular complexity index is 3140. The largest absolute Gasteiger partial charge is 0.456 e. The maximum Gasteiger partial charge on any atom is 0.164 e. The third kappa shape index (κ3) is 6.23. The number of hydrogen-bond acceptors (Lipinski definition) is 4. The molecule has 8 aromatic carbocycles. The lowest BCUT2D eigenvalue weighted by Gasteiger charge is -2.11. The first kappa shape index (κ1) is 33.2. The fourth-order valence-electron chi connectivity index (χ4n) is 7.68. The summed E-state index contributed by atoms with van der Waals surface area (Å²) in [5, 5.41) is 6.82. The zero-order chi connectivity index (χ0) is 37.4. The van der Waals surface area contributed by atoms with Crippen molar-refractivity contribution in [2.45, 2.75) is 6.42 Å². The predicted molar refractivity (Wildman–Crippen MR) is 232 cm³/mol. The summed E-state index contributed by atoms with van der Waals surface area (Å²) >= 11 is 0. The highest BCUT2D eigenvalue weighted by atomic mass is 16.3. The van der Waals surface area contributed by atoms with Gasteiger partial charge in [-0.2, -0.15) is 0 Å². The molecule has 0 amide bonds. The molecule has 0 radical (unpaired) electrons. The number of rotatable bonds is 8. The highest BCUT2D eigenvalue weighted by Crippen LogP contribution is 2.38. The molecule has 2 heterocycles. The van der Waals surface area contributed by atoms with Crippen LogP contribution < -0.4 is 0 Å². The highest BCUT2D eigenvalue weighted by Gasteiger charge is 2.16. The maximum absolute atomic E-state index is 6.19. The number of benzene rings is 8. The number of hydrogen-bond donors (Lipinski definition) is 0. The van der Waals surface area contributed by atoms with Crippen molar-refractivity contribution in [3.05, 3.63) is 205 Å². The molecule has 56 heavy (non-hydrogen) atoms. The summed E-state index contributed by atoms with van der Waals surface area (Å²) in [7, 11) is 0. The van der Waals surface area contributed by atoms with E-state index in [2.05, 4.69) is 164 Å². The van der Waals surface area contributed by atoms with Gasteiger partial charge in [0.1, 0.15) is 11.2 Å². The van der Waals surface area contributed by atoms with Crippen LogP contribution in [0.25, 0.3) is 94.8 Å². The quantitative estimate of drug-likeness (QED) is 0.147. The standard InChI is InChI=1S/C52H35N3O/c1-2-3-11-35-12-4-6-14-38(35)30-34-20-22-37(23-21-34)50-53-51(43-28-24-36-13-5-7-15-39(36)32-43)55-52(54-50)44-29-26-40-31-42(27-25-41(40)33-44)45-17-10-19-48-49(45)46-16-8-9-18-47(46)56-48/h2-29,31-33H,1,30H2/b11-3-. The summed E-state index contributed by atoms with van der Waals surface area (Å²) in [4.78, 5) is 15.3. The van der Waals surface area contributed by atoms with Gasteiger partial charge in [0.2, 0.25) is 0 Å². The molecule has 0 aliphatic heterocycles. The normalized spacial score (nSPS) is 11.6. The van der Waals surface area contributed by atoms with Gasteiger partial charge >= 0.3 is 0 Å². The average Bonchev–Trinajstić information content (AvgIpc) is 3.65. The van der Waals surface area contributed by atoms with E-state index >= 15 is 0 Å². The summed E-state index contributed by atoms with van der Waals surface area (Å²) in [6, 6.07) is 59.4. The molecule has 10 aromatic rings. The van der Waals surface area contributed by atoms with E-state index in [1.54, 1.807) is 6.08 Å². The molecule has 0 aliphatic rings. The van der Waals surface area contributed by atoms with E-state index in [1.807, 2.05) is 24.3 Å². The SMILES string of the molecule is C=C/C=C\c1ccccc1Cc1ccc(-c2nc(-c3ccc4ccccc4c3)nc(-c3ccc4cc(-c5cccc6oc7ccccc7c56)ccc4c3)n2)cc1. The number of nitrogens with zero attached hydrogens (tertiary/aromatic N) is 3. The van der Waals surface area contributed by atoms with E-state index in [1.165, 1.54) is 22.1 Å². The Morgan fingerprint density at radius 3 is 1.82 bits per heavy atom. The fraction of sp³-hybridized carbons (Fsp3) is 0.0192. The Labute approximate surface area is 324 Å². The number of para-hydroxylation sites is 1. The van der Waals surface area contributed by atoms with Crippen molar-refractivity contribution < 1.29 is 4.42 Å². The summed E-state index contributed by atoms with van der Waals surface area (Å²) < 4.78 is 6.19. The molecule has 0 fully saturated rings. The van der Waals surface area contributed by atoms with E-state index < -0.39 is 0 Å². The second-order valence-electron chi connectivity index (χ2n) is 14.1. The molecule has 0 atom stereocenters. The Hall–Kier alpha value is -7.43. The van der Waals surface area contributed by atoms with Gasteiger partial charge in [-0.1, -0.05) is 164 Å². The van der Waals surface area contributed by atoms with E-state index in [4.69, 9.17) is 19.4 Å². The lowest BCUT2D eigenvalue weighted by Crippen LogP contribution is -2.00. The van der Waals surface area contributed by atoms with Crippen molar-refractivity contribution in [3.8, 4) is 45.3 Å². The zero-order valence-corrected chi connectivity index (χ0v) is 30.6. The maximum atomic E-state index is 6.19. The minimum absolute atomic E-state index is 0.630. The van der Waals surface area contributed by atoms with Crippen LogP contribution in [0.2, 0.25) is 0 Å². The van der Waals surface area contributed by atoms with Gasteiger partial charge in [0.15, 0.2) is 17.5 Å². The first-order valence-electron chi connectivity index (χ1n) is 18.8. The summed E-state index contributed by atoms with van der Waals surface area (Å²) in [6.45, 7) is 3.83. The van der Waals surface area contributed by atoms with E-state index in [9.17, 15) is 0 Å². The van der Waals surface area contributed by atoms with Gasteiger partial charge in [0.05, 0.1) is 0 Å². The van der Waals surface area contributed by atoms with Gasteiger partial charge in [0, 0.05) is 27.5 Å². The molecule has 10 rings (SSSR count). The zero-order valence-electron chi connectivity index (χ0n) is 30.6. The Morgan fingerprint density at radius 2 is 1.05 bits per heavy atom. The Balaban J connectivity index is 1.04. The summed E-state index contributed by atoms with van der Waals surface area (Å²) in [6.07, 6.45) is 6.70.